The molecule has 0 aliphatic rings. The van der Waals surface area contributed by atoms with E-state index in [1.165, 1.54) is 0 Å². The lowest BCUT2D eigenvalue weighted by Crippen LogP contribution is -2.07. The van der Waals surface area contributed by atoms with Crippen LogP contribution in [0.4, 0.5) is 0 Å². The lowest BCUT2D eigenvalue weighted by Gasteiger charge is -1.94. The number of benzene rings is 1. The number of carbonyl (C=O) groups is 1. The Bertz CT molecular complexity index is 513. The highest BCUT2D eigenvalue weighted by Crippen LogP contribution is 2.17. The molecule has 15 heavy (non-hydrogen) atoms. The SMILES string of the molecule is NC(=O)CC=Cc1cccc2[nH]ncc12. The van der Waals surface area contributed by atoms with Gasteiger partial charge in [-0.1, -0.05) is 24.3 Å². The zero-order valence-electron chi connectivity index (χ0n) is 8.10. The summed E-state index contributed by atoms with van der Waals surface area (Å²) < 4.78 is 0. The third-order valence-electron chi connectivity index (χ3n) is 2.13. The van der Waals surface area contributed by atoms with Gasteiger partial charge in [-0.25, -0.2) is 0 Å². The Balaban J connectivity index is 2.31. The van der Waals surface area contributed by atoms with Gasteiger partial charge in [0.15, 0.2) is 0 Å². The van der Waals surface area contributed by atoms with Gasteiger partial charge in [0.05, 0.1) is 11.7 Å². The Morgan fingerprint density at radius 2 is 2.40 bits per heavy atom. The van der Waals surface area contributed by atoms with E-state index in [2.05, 4.69) is 10.2 Å². The summed E-state index contributed by atoms with van der Waals surface area (Å²) in [5, 5.41) is 7.88. The van der Waals surface area contributed by atoms with Crippen LogP contribution in [0.1, 0.15) is 12.0 Å². The summed E-state index contributed by atoms with van der Waals surface area (Å²) >= 11 is 0. The summed E-state index contributed by atoms with van der Waals surface area (Å²) in [6.45, 7) is 0. The molecule has 0 radical (unpaired) electrons. The standard InChI is InChI=1S/C11H11N3O/c12-11(15)6-2-4-8-3-1-5-10-9(8)7-13-14-10/h1-5,7H,6H2,(H2,12,15)(H,13,14). The summed E-state index contributed by atoms with van der Waals surface area (Å²) in [7, 11) is 0. The number of nitrogens with one attached hydrogen (secondary N) is 1. The van der Waals surface area contributed by atoms with Crippen molar-refractivity contribution >= 4 is 22.9 Å². The first-order valence-electron chi connectivity index (χ1n) is 4.64. The van der Waals surface area contributed by atoms with Gasteiger partial charge in [0, 0.05) is 11.8 Å². The first-order chi connectivity index (χ1) is 7.27. The Hall–Kier alpha value is -2.10. The van der Waals surface area contributed by atoms with Gasteiger partial charge >= 0.3 is 0 Å². The third-order valence-corrected chi connectivity index (χ3v) is 2.13. The fraction of sp³-hybridized carbons (Fsp3) is 0.0909. The number of primary amides is 1. The van der Waals surface area contributed by atoms with Gasteiger partial charge in [0.2, 0.25) is 5.91 Å². The quantitative estimate of drug-likeness (QED) is 0.788. The molecule has 1 amide bonds. The van der Waals surface area contributed by atoms with Crippen LogP contribution in [0.2, 0.25) is 0 Å². The second-order valence-corrected chi connectivity index (χ2v) is 3.25. The second kappa shape index (κ2) is 3.96. The van der Waals surface area contributed by atoms with E-state index >= 15 is 0 Å². The van der Waals surface area contributed by atoms with Crippen LogP contribution in [-0.4, -0.2) is 16.1 Å². The molecule has 0 unspecified atom stereocenters. The smallest absolute Gasteiger partial charge is 0.221 e. The molecule has 0 aliphatic carbocycles. The number of nitrogens with zero attached hydrogens (tertiary/aromatic N) is 1. The molecule has 0 fully saturated rings. The summed E-state index contributed by atoms with van der Waals surface area (Å²) in [6.07, 6.45) is 5.65. The van der Waals surface area contributed by atoms with Crippen molar-refractivity contribution in [1.82, 2.24) is 10.2 Å². The van der Waals surface area contributed by atoms with Crippen molar-refractivity contribution in [2.75, 3.05) is 0 Å². The van der Waals surface area contributed by atoms with Crippen LogP contribution >= 0.6 is 0 Å². The van der Waals surface area contributed by atoms with Gasteiger partial charge in [0.25, 0.3) is 0 Å². The summed E-state index contributed by atoms with van der Waals surface area (Å²) in [5.41, 5.74) is 7.05. The number of aromatic amines is 1. The van der Waals surface area contributed by atoms with Crippen LogP contribution < -0.4 is 5.73 Å². The van der Waals surface area contributed by atoms with Crippen molar-refractivity contribution in [3.63, 3.8) is 0 Å². The molecule has 0 saturated carbocycles. The molecule has 76 valence electrons. The zero-order chi connectivity index (χ0) is 10.7. The molecule has 1 heterocycles. The van der Waals surface area contributed by atoms with Crippen LogP contribution in [0.25, 0.3) is 17.0 Å². The predicted octanol–water partition coefficient (Wildman–Crippen LogP) is 1.45. The average Bonchev–Trinajstić information content (AvgIpc) is 2.65. The summed E-state index contributed by atoms with van der Waals surface area (Å²) in [6, 6.07) is 5.85. The number of hydrogen-bond acceptors (Lipinski definition) is 2. The van der Waals surface area contributed by atoms with E-state index in [-0.39, 0.29) is 12.3 Å². The van der Waals surface area contributed by atoms with Crippen molar-refractivity contribution in [2.24, 2.45) is 5.73 Å². The van der Waals surface area contributed by atoms with Crippen LogP contribution in [0.15, 0.2) is 30.5 Å². The van der Waals surface area contributed by atoms with E-state index in [0.717, 1.165) is 16.5 Å². The number of carbonyl (C=O) groups excluding carboxylic acids is 1. The van der Waals surface area contributed by atoms with Crippen molar-refractivity contribution < 1.29 is 4.79 Å². The lowest BCUT2D eigenvalue weighted by molar-refractivity contribution is -0.117. The van der Waals surface area contributed by atoms with Crippen LogP contribution in [0.5, 0.6) is 0 Å². The molecule has 3 N–H and O–H groups in total. The van der Waals surface area contributed by atoms with Crippen molar-refractivity contribution in [1.29, 1.82) is 0 Å². The summed E-state index contributed by atoms with van der Waals surface area (Å²) in [4.78, 5) is 10.6. The summed E-state index contributed by atoms with van der Waals surface area (Å²) in [5.74, 6) is -0.328. The number of nitrogens with two attached hydrogens (primary N) is 1. The normalized spacial score (nSPS) is 11.2. The highest BCUT2D eigenvalue weighted by Gasteiger charge is 1.98. The maximum Gasteiger partial charge on any atom is 0.221 e. The fourth-order valence-electron chi connectivity index (χ4n) is 1.44. The van der Waals surface area contributed by atoms with Gasteiger partial charge in [-0.2, -0.15) is 5.10 Å². The third kappa shape index (κ3) is 2.04. The molecule has 0 spiro atoms. The minimum absolute atomic E-state index is 0.258. The first-order valence-corrected chi connectivity index (χ1v) is 4.64. The van der Waals surface area contributed by atoms with Crippen molar-refractivity contribution in [3.8, 4) is 0 Å². The lowest BCUT2D eigenvalue weighted by atomic mass is 10.1. The van der Waals surface area contributed by atoms with E-state index in [1.807, 2.05) is 24.3 Å². The maximum absolute atomic E-state index is 10.6. The Labute approximate surface area is 86.8 Å². The second-order valence-electron chi connectivity index (χ2n) is 3.25. The van der Waals surface area contributed by atoms with Gasteiger partial charge in [-0.05, 0) is 11.6 Å². The van der Waals surface area contributed by atoms with E-state index in [0.29, 0.717) is 0 Å². The van der Waals surface area contributed by atoms with Crippen molar-refractivity contribution in [2.45, 2.75) is 6.42 Å². The number of H-pyrrole nitrogens is 1. The highest BCUT2D eigenvalue weighted by molar-refractivity contribution is 5.88. The van der Waals surface area contributed by atoms with Crippen LogP contribution in [0.3, 0.4) is 0 Å². The van der Waals surface area contributed by atoms with Crippen molar-refractivity contribution in [3.05, 3.63) is 36.0 Å². The molecule has 0 bridgehead atoms. The Morgan fingerprint density at radius 1 is 1.53 bits per heavy atom. The predicted molar refractivity (Wildman–Crippen MR) is 58.9 cm³/mol. The molecule has 1 aromatic heterocycles. The molecular formula is C11H11N3O. The molecule has 2 aromatic rings. The molecule has 0 aliphatic heterocycles. The molecule has 4 nitrogen and oxygen atoms in total. The van der Waals surface area contributed by atoms with Gasteiger partial charge in [0.1, 0.15) is 0 Å². The molecular weight excluding hydrogens is 190 g/mol. The van der Waals surface area contributed by atoms with E-state index in [9.17, 15) is 4.79 Å². The number of amides is 1. The molecule has 1 aromatic carbocycles. The minimum Gasteiger partial charge on any atom is -0.369 e. The Morgan fingerprint density at radius 3 is 3.20 bits per heavy atom. The van der Waals surface area contributed by atoms with E-state index < -0.39 is 0 Å². The van der Waals surface area contributed by atoms with Crippen LogP contribution in [-0.2, 0) is 4.79 Å². The van der Waals surface area contributed by atoms with Crippen LogP contribution in [0, 0.1) is 0 Å². The number of rotatable bonds is 3. The average molecular weight is 201 g/mol. The monoisotopic (exact) mass is 201 g/mol. The zero-order valence-corrected chi connectivity index (χ0v) is 8.10. The molecule has 2 rings (SSSR count). The topological polar surface area (TPSA) is 71.8 Å². The van der Waals surface area contributed by atoms with Gasteiger partial charge < -0.3 is 5.73 Å². The molecule has 0 saturated heterocycles. The number of hydrogen-bond donors (Lipinski definition) is 2. The van der Waals surface area contributed by atoms with E-state index in [4.69, 9.17) is 5.73 Å². The number of aromatic nitrogens is 2. The fourth-order valence-corrected chi connectivity index (χ4v) is 1.44. The molecule has 4 heteroatoms. The van der Waals surface area contributed by atoms with E-state index in [1.54, 1.807) is 12.3 Å². The highest BCUT2D eigenvalue weighted by atomic mass is 16.1. The largest absolute Gasteiger partial charge is 0.369 e. The maximum atomic E-state index is 10.6. The van der Waals surface area contributed by atoms with Gasteiger partial charge in [-0.15, -0.1) is 0 Å². The molecule has 0 atom stereocenters. The first kappa shape index (κ1) is 9.45. The minimum atomic E-state index is -0.328. The Kier molecular flexibility index (Phi) is 2.49. The van der Waals surface area contributed by atoms with Gasteiger partial charge in [-0.3, -0.25) is 9.89 Å². The number of fused-ring (bicyclic) bond motifs is 1.